The Kier molecular flexibility index (Phi) is 5.32. The van der Waals surface area contributed by atoms with Gasteiger partial charge < -0.3 is 0 Å². The molecular formula is C12H2Cl6F3N. The van der Waals surface area contributed by atoms with E-state index in [0.717, 1.165) is 12.3 Å². The van der Waals surface area contributed by atoms with Crippen LogP contribution in [0.3, 0.4) is 0 Å². The molecule has 118 valence electrons. The number of nitrogens with zero attached hydrogens (tertiary/aromatic N) is 1. The van der Waals surface area contributed by atoms with Crippen molar-refractivity contribution in [3.63, 3.8) is 0 Å². The SMILES string of the molecule is FC(F)(F)c1ccnc(-c2c(Cl)c(Cl)c(Cl)c(Cl)c2Cl)c1Cl. The predicted molar refractivity (Wildman–Crippen MR) is 84.7 cm³/mol. The molecule has 0 aliphatic carbocycles. The second-order valence-corrected chi connectivity index (χ2v) is 6.23. The lowest BCUT2D eigenvalue weighted by atomic mass is 10.1. The molecule has 0 saturated carbocycles. The Morgan fingerprint density at radius 2 is 1.18 bits per heavy atom. The molecule has 1 nitrogen and oxygen atoms in total. The van der Waals surface area contributed by atoms with Crippen molar-refractivity contribution in [3.8, 4) is 11.3 Å². The van der Waals surface area contributed by atoms with Crippen LogP contribution in [-0.2, 0) is 6.18 Å². The Morgan fingerprint density at radius 1 is 0.727 bits per heavy atom. The van der Waals surface area contributed by atoms with E-state index in [0.29, 0.717) is 0 Å². The smallest absolute Gasteiger partial charge is 0.255 e. The molecule has 0 saturated heterocycles. The normalized spacial score (nSPS) is 11.9. The van der Waals surface area contributed by atoms with Crippen LogP contribution in [0.25, 0.3) is 11.3 Å². The molecule has 0 aliphatic rings. The maximum Gasteiger partial charge on any atom is 0.417 e. The van der Waals surface area contributed by atoms with Crippen molar-refractivity contribution < 1.29 is 13.2 Å². The zero-order valence-corrected chi connectivity index (χ0v) is 14.5. The van der Waals surface area contributed by atoms with Crippen LogP contribution in [0.5, 0.6) is 0 Å². The van der Waals surface area contributed by atoms with Gasteiger partial charge in [-0.05, 0) is 6.07 Å². The molecule has 0 aliphatic heterocycles. The van der Waals surface area contributed by atoms with E-state index in [4.69, 9.17) is 69.6 Å². The largest absolute Gasteiger partial charge is 0.417 e. The summed E-state index contributed by atoms with van der Waals surface area (Å²) in [6.45, 7) is 0. The second kappa shape index (κ2) is 6.42. The van der Waals surface area contributed by atoms with Gasteiger partial charge in [0.1, 0.15) is 0 Å². The highest BCUT2D eigenvalue weighted by atomic mass is 35.5. The topological polar surface area (TPSA) is 12.9 Å². The molecular weight excluding hydrogens is 428 g/mol. The van der Waals surface area contributed by atoms with Crippen LogP contribution in [-0.4, -0.2) is 4.98 Å². The number of hydrogen-bond acceptors (Lipinski definition) is 1. The first-order valence-corrected chi connectivity index (χ1v) is 7.57. The van der Waals surface area contributed by atoms with Crippen molar-refractivity contribution in [1.29, 1.82) is 0 Å². The summed E-state index contributed by atoms with van der Waals surface area (Å²) in [6, 6.07) is 0.729. The van der Waals surface area contributed by atoms with Gasteiger partial charge in [0.15, 0.2) is 0 Å². The highest BCUT2D eigenvalue weighted by Gasteiger charge is 2.35. The van der Waals surface area contributed by atoms with Crippen LogP contribution in [0.15, 0.2) is 12.3 Å². The summed E-state index contributed by atoms with van der Waals surface area (Å²) in [6.07, 6.45) is -3.75. The number of pyridine rings is 1. The van der Waals surface area contributed by atoms with Gasteiger partial charge in [0.2, 0.25) is 0 Å². The van der Waals surface area contributed by atoms with E-state index in [2.05, 4.69) is 4.98 Å². The van der Waals surface area contributed by atoms with Crippen molar-refractivity contribution in [2.45, 2.75) is 6.18 Å². The van der Waals surface area contributed by atoms with E-state index in [1.165, 1.54) is 0 Å². The summed E-state index contributed by atoms with van der Waals surface area (Å²) >= 11 is 35.4. The molecule has 0 radical (unpaired) electrons. The monoisotopic (exact) mass is 427 g/mol. The van der Waals surface area contributed by atoms with Gasteiger partial charge in [-0.2, -0.15) is 13.2 Å². The summed E-state index contributed by atoms with van der Waals surface area (Å²) in [5.41, 5.74) is -1.51. The lowest BCUT2D eigenvalue weighted by Gasteiger charge is -2.15. The second-order valence-electron chi connectivity index (χ2n) is 3.96. The van der Waals surface area contributed by atoms with E-state index in [-0.39, 0.29) is 36.4 Å². The van der Waals surface area contributed by atoms with Crippen LogP contribution in [0.4, 0.5) is 13.2 Å². The van der Waals surface area contributed by atoms with Gasteiger partial charge in [0.05, 0.1) is 41.4 Å². The Hall–Kier alpha value is -0.1000. The molecule has 0 atom stereocenters. The number of halogens is 9. The maximum atomic E-state index is 12.9. The fraction of sp³-hybridized carbons (Fsp3) is 0.0833. The number of aromatic nitrogens is 1. The molecule has 1 aromatic heterocycles. The van der Waals surface area contributed by atoms with Crippen molar-refractivity contribution in [1.82, 2.24) is 4.98 Å². The Balaban J connectivity index is 2.85. The third kappa shape index (κ3) is 3.10. The van der Waals surface area contributed by atoms with Gasteiger partial charge in [-0.25, -0.2) is 0 Å². The van der Waals surface area contributed by atoms with Gasteiger partial charge >= 0.3 is 6.18 Å². The van der Waals surface area contributed by atoms with Crippen molar-refractivity contribution in [3.05, 3.63) is 48.0 Å². The van der Waals surface area contributed by atoms with E-state index in [9.17, 15) is 13.2 Å². The van der Waals surface area contributed by atoms with E-state index < -0.39 is 16.8 Å². The lowest BCUT2D eigenvalue weighted by molar-refractivity contribution is -0.137. The van der Waals surface area contributed by atoms with Crippen molar-refractivity contribution >= 4 is 69.6 Å². The number of rotatable bonds is 1. The minimum absolute atomic E-state index is 0.120. The predicted octanol–water partition coefficient (Wildman–Crippen LogP) is 7.69. The van der Waals surface area contributed by atoms with Gasteiger partial charge in [-0.15, -0.1) is 0 Å². The quantitative estimate of drug-likeness (QED) is 0.334. The first-order chi connectivity index (χ1) is 10.1. The zero-order chi connectivity index (χ0) is 16.8. The molecule has 0 amide bonds. The van der Waals surface area contributed by atoms with E-state index in [1.54, 1.807) is 0 Å². The van der Waals surface area contributed by atoms with Crippen molar-refractivity contribution in [2.75, 3.05) is 0 Å². The fourth-order valence-electron chi connectivity index (χ4n) is 1.65. The average Bonchev–Trinajstić information content (AvgIpc) is 2.43. The van der Waals surface area contributed by atoms with E-state index in [1.807, 2.05) is 0 Å². The zero-order valence-electron chi connectivity index (χ0n) is 10.0. The minimum atomic E-state index is -4.67. The molecule has 1 heterocycles. The van der Waals surface area contributed by atoms with Crippen LogP contribution < -0.4 is 0 Å². The van der Waals surface area contributed by atoms with E-state index >= 15 is 0 Å². The summed E-state index contributed by atoms with van der Waals surface area (Å²) in [4.78, 5) is 3.80. The number of alkyl halides is 3. The third-order valence-corrected chi connectivity index (χ3v) is 5.30. The highest BCUT2D eigenvalue weighted by molar-refractivity contribution is 6.56. The summed E-state index contributed by atoms with van der Waals surface area (Å²) in [7, 11) is 0. The standard InChI is InChI=1S/C12H2Cl6F3N/c13-5-3(12(19,20)21)1-2-22-11(5)4-6(14)8(16)10(18)9(17)7(4)15/h1-2H. The molecule has 0 fully saturated rings. The summed E-state index contributed by atoms with van der Waals surface area (Å²) in [5, 5.41) is -1.52. The molecule has 2 aromatic rings. The molecule has 0 spiro atoms. The summed E-state index contributed by atoms with van der Waals surface area (Å²) in [5.74, 6) is 0. The Labute approximate surface area is 152 Å². The third-order valence-electron chi connectivity index (χ3n) is 2.64. The molecule has 0 bridgehead atoms. The van der Waals surface area contributed by atoms with Crippen LogP contribution in [0.2, 0.25) is 30.1 Å². The van der Waals surface area contributed by atoms with Crippen molar-refractivity contribution in [2.24, 2.45) is 0 Å². The first-order valence-electron chi connectivity index (χ1n) is 5.30. The molecule has 1 aromatic carbocycles. The maximum absolute atomic E-state index is 12.9. The summed E-state index contributed by atoms with van der Waals surface area (Å²) < 4.78 is 38.8. The highest BCUT2D eigenvalue weighted by Crippen LogP contribution is 2.50. The van der Waals surface area contributed by atoms with Crippen LogP contribution in [0, 0.1) is 0 Å². The molecule has 2 rings (SSSR count). The minimum Gasteiger partial charge on any atom is -0.255 e. The molecule has 0 N–H and O–H groups in total. The lowest BCUT2D eigenvalue weighted by Crippen LogP contribution is -2.07. The van der Waals surface area contributed by atoms with Gasteiger partial charge in [0.25, 0.3) is 0 Å². The average molecular weight is 430 g/mol. The van der Waals surface area contributed by atoms with Gasteiger partial charge in [-0.1, -0.05) is 69.6 Å². The molecule has 0 unspecified atom stereocenters. The Bertz CT molecular complexity index is 730. The Morgan fingerprint density at radius 3 is 1.64 bits per heavy atom. The fourth-order valence-corrected chi connectivity index (χ4v) is 3.28. The van der Waals surface area contributed by atoms with Crippen LogP contribution >= 0.6 is 69.6 Å². The van der Waals surface area contributed by atoms with Gasteiger partial charge in [0, 0.05) is 11.8 Å². The molecule has 10 heteroatoms. The first kappa shape index (κ1) is 18.2. The number of benzene rings is 1. The number of hydrogen-bond donors (Lipinski definition) is 0. The van der Waals surface area contributed by atoms with Crippen LogP contribution in [0.1, 0.15) is 5.56 Å². The van der Waals surface area contributed by atoms with Gasteiger partial charge in [-0.3, -0.25) is 4.98 Å². The molecule has 22 heavy (non-hydrogen) atoms.